The summed E-state index contributed by atoms with van der Waals surface area (Å²) in [5.74, 6) is -0.325. The first-order chi connectivity index (χ1) is 9.10. The summed E-state index contributed by atoms with van der Waals surface area (Å²) in [5, 5.41) is 8.65. The standard InChI is InChI=1S/C15H10FNO2/c1-10(18)12-3-2-4-13(8-12)19-15-6-5-11(9-17)7-14(15)16/h2-8H,1H3. The van der Waals surface area contributed by atoms with E-state index in [4.69, 9.17) is 10.00 Å². The monoisotopic (exact) mass is 255 g/mol. The molecule has 0 aliphatic carbocycles. The van der Waals surface area contributed by atoms with Crippen LogP contribution < -0.4 is 4.74 Å². The predicted octanol–water partition coefficient (Wildman–Crippen LogP) is 3.69. The van der Waals surface area contributed by atoms with E-state index in [1.807, 2.05) is 6.07 Å². The molecule has 19 heavy (non-hydrogen) atoms. The summed E-state index contributed by atoms with van der Waals surface area (Å²) in [6.45, 7) is 1.45. The van der Waals surface area contributed by atoms with Gasteiger partial charge in [-0.1, -0.05) is 12.1 Å². The average Bonchev–Trinajstić information content (AvgIpc) is 2.41. The zero-order chi connectivity index (χ0) is 13.8. The number of ether oxygens (including phenoxy) is 1. The van der Waals surface area contributed by atoms with Crippen LogP contribution in [-0.2, 0) is 0 Å². The van der Waals surface area contributed by atoms with Gasteiger partial charge in [0, 0.05) is 5.56 Å². The van der Waals surface area contributed by atoms with Gasteiger partial charge in [0.2, 0.25) is 0 Å². The number of carbonyl (C=O) groups excluding carboxylic acids is 1. The van der Waals surface area contributed by atoms with Gasteiger partial charge in [0.25, 0.3) is 0 Å². The summed E-state index contributed by atoms with van der Waals surface area (Å²) in [6.07, 6.45) is 0. The molecule has 2 rings (SSSR count). The summed E-state index contributed by atoms with van der Waals surface area (Å²) in [6, 6.07) is 12.3. The molecule has 94 valence electrons. The molecule has 0 aliphatic heterocycles. The van der Waals surface area contributed by atoms with E-state index in [9.17, 15) is 9.18 Å². The van der Waals surface area contributed by atoms with Crippen LogP contribution in [0.25, 0.3) is 0 Å². The van der Waals surface area contributed by atoms with Gasteiger partial charge in [0.05, 0.1) is 11.6 Å². The Balaban J connectivity index is 2.29. The van der Waals surface area contributed by atoms with Crippen molar-refractivity contribution in [2.75, 3.05) is 0 Å². The number of ketones is 1. The zero-order valence-electron chi connectivity index (χ0n) is 10.2. The maximum absolute atomic E-state index is 13.6. The van der Waals surface area contributed by atoms with E-state index >= 15 is 0 Å². The van der Waals surface area contributed by atoms with Crippen LogP contribution in [0.2, 0.25) is 0 Å². The lowest BCUT2D eigenvalue weighted by molar-refractivity contribution is 0.101. The molecule has 0 atom stereocenters. The minimum absolute atomic E-state index is 0.0136. The first-order valence-corrected chi connectivity index (χ1v) is 5.58. The lowest BCUT2D eigenvalue weighted by Crippen LogP contribution is -1.94. The molecule has 0 saturated heterocycles. The average molecular weight is 255 g/mol. The molecule has 0 unspecified atom stereocenters. The third kappa shape index (κ3) is 2.96. The van der Waals surface area contributed by atoms with Gasteiger partial charge in [-0.25, -0.2) is 4.39 Å². The molecule has 0 bridgehead atoms. The Labute approximate surface area is 109 Å². The molecule has 0 saturated carbocycles. The number of nitrogens with zero attached hydrogens (tertiary/aromatic N) is 1. The van der Waals surface area contributed by atoms with Gasteiger partial charge in [0.15, 0.2) is 17.3 Å². The Morgan fingerprint density at radius 3 is 2.68 bits per heavy atom. The Hall–Kier alpha value is -2.67. The molecule has 0 spiro atoms. The number of benzene rings is 2. The van der Waals surface area contributed by atoms with E-state index in [1.165, 1.54) is 19.1 Å². The van der Waals surface area contributed by atoms with Crippen molar-refractivity contribution in [3.8, 4) is 17.6 Å². The quantitative estimate of drug-likeness (QED) is 0.786. The molecule has 2 aromatic carbocycles. The smallest absolute Gasteiger partial charge is 0.167 e. The third-order valence-electron chi connectivity index (χ3n) is 2.53. The van der Waals surface area contributed by atoms with Crippen molar-refractivity contribution in [3.63, 3.8) is 0 Å². The van der Waals surface area contributed by atoms with Crippen molar-refractivity contribution >= 4 is 5.78 Å². The van der Waals surface area contributed by atoms with Crippen molar-refractivity contribution in [2.24, 2.45) is 0 Å². The van der Waals surface area contributed by atoms with E-state index in [2.05, 4.69) is 0 Å². The number of rotatable bonds is 3. The van der Waals surface area contributed by atoms with Gasteiger partial charge in [-0.2, -0.15) is 5.26 Å². The summed E-state index contributed by atoms with van der Waals surface area (Å²) >= 11 is 0. The van der Waals surface area contributed by atoms with Crippen molar-refractivity contribution in [1.82, 2.24) is 0 Å². The Kier molecular flexibility index (Phi) is 3.58. The Morgan fingerprint density at radius 2 is 2.05 bits per heavy atom. The molecule has 0 N–H and O–H groups in total. The molecule has 3 nitrogen and oxygen atoms in total. The lowest BCUT2D eigenvalue weighted by atomic mass is 10.1. The number of halogens is 1. The number of hydrogen-bond acceptors (Lipinski definition) is 3. The highest BCUT2D eigenvalue weighted by atomic mass is 19.1. The highest BCUT2D eigenvalue weighted by Crippen LogP contribution is 2.25. The molecule has 0 heterocycles. The van der Waals surface area contributed by atoms with Crippen LogP contribution in [0.5, 0.6) is 11.5 Å². The van der Waals surface area contributed by atoms with E-state index in [-0.39, 0.29) is 17.1 Å². The summed E-state index contributed by atoms with van der Waals surface area (Å²) in [4.78, 5) is 11.2. The molecule has 0 aromatic heterocycles. The topological polar surface area (TPSA) is 50.1 Å². The van der Waals surface area contributed by atoms with Crippen molar-refractivity contribution in [3.05, 3.63) is 59.4 Å². The summed E-state index contributed by atoms with van der Waals surface area (Å²) < 4.78 is 19.0. The minimum Gasteiger partial charge on any atom is -0.454 e. The van der Waals surface area contributed by atoms with Crippen LogP contribution in [0.3, 0.4) is 0 Å². The minimum atomic E-state index is -0.618. The Bertz CT molecular complexity index is 674. The molecule has 4 heteroatoms. The molecule has 0 fully saturated rings. The highest BCUT2D eigenvalue weighted by Gasteiger charge is 2.07. The van der Waals surface area contributed by atoms with E-state index in [1.54, 1.807) is 24.3 Å². The fourth-order valence-corrected chi connectivity index (χ4v) is 1.56. The van der Waals surface area contributed by atoms with Gasteiger partial charge in [-0.3, -0.25) is 4.79 Å². The third-order valence-corrected chi connectivity index (χ3v) is 2.53. The van der Waals surface area contributed by atoms with Gasteiger partial charge in [-0.15, -0.1) is 0 Å². The van der Waals surface area contributed by atoms with Gasteiger partial charge in [-0.05, 0) is 37.3 Å². The van der Waals surface area contributed by atoms with E-state index in [0.29, 0.717) is 11.3 Å². The Morgan fingerprint density at radius 1 is 1.26 bits per heavy atom. The predicted molar refractivity (Wildman–Crippen MR) is 67.6 cm³/mol. The van der Waals surface area contributed by atoms with Gasteiger partial charge >= 0.3 is 0 Å². The fraction of sp³-hybridized carbons (Fsp3) is 0.0667. The molecular formula is C15H10FNO2. The number of nitriles is 1. The molecule has 2 aromatic rings. The second kappa shape index (κ2) is 5.32. The summed E-state index contributed by atoms with van der Waals surface area (Å²) in [5.41, 5.74) is 0.717. The molecular weight excluding hydrogens is 245 g/mol. The molecule has 0 aliphatic rings. The van der Waals surface area contributed by atoms with Crippen molar-refractivity contribution < 1.29 is 13.9 Å². The second-order valence-electron chi connectivity index (χ2n) is 3.94. The SMILES string of the molecule is CC(=O)c1cccc(Oc2ccc(C#N)cc2F)c1. The van der Waals surface area contributed by atoms with Crippen LogP contribution in [0.15, 0.2) is 42.5 Å². The first-order valence-electron chi connectivity index (χ1n) is 5.58. The van der Waals surface area contributed by atoms with Gasteiger partial charge < -0.3 is 4.74 Å². The lowest BCUT2D eigenvalue weighted by Gasteiger charge is -2.07. The zero-order valence-corrected chi connectivity index (χ0v) is 10.2. The van der Waals surface area contributed by atoms with Crippen LogP contribution in [-0.4, -0.2) is 5.78 Å². The largest absolute Gasteiger partial charge is 0.454 e. The molecule has 0 radical (unpaired) electrons. The highest BCUT2D eigenvalue weighted by molar-refractivity contribution is 5.94. The number of carbonyl (C=O) groups is 1. The summed E-state index contributed by atoms with van der Waals surface area (Å²) in [7, 11) is 0. The van der Waals surface area contributed by atoms with Gasteiger partial charge in [0.1, 0.15) is 5.75 Å². The fourth-order valence-electron chi connectivity index (χ4n) is 1.56. The van der Waals surface area contributed by atoms with E-state index in [0.717, 1.165) is 6.07 Å². The van der Waals surface area contributed by atoms with Crippen LogP contribution in [0.1, 0.15) is 22.8 Å². The maximum Gasteiger partial charge on any atom is 0.167 e. The normalized spacial score (nSPS) is 9.74. The number of hydrogen-bond donors (Lipinski definition) is 0. The first kappa shape index (κ1) is 12.8. The number of Topliss-reactive ketones (excluding diaryl/α,β-unsaturated/α-hetero) is 1. The van der Waals surface area contributed by atoms with Crippen molar-refractivity contribution in [2.45, 2.75) is 6.92 Å². The van der Waals surface area contributed by atoms with Crippen LogP contribution in [0.4, 0.5) is 4.39 Å². The van der Waals surface area contributed by atoms with Crippen LogP contribution in [0, 0.1) is 17.1 Å². The maximum atomic E-state index is 13.6. The van der Waals surface area contributed by atoms with Crippen LogP contribution >= 0.6 is 0 Å². The van der Waals surface area contributed by atoms with E-state index < -0.39 is 5.82 Å². The second-order valence-corrected chi connectivity index (χ2v) is 3.94. The molecule has 0 amide bonds. The van der Waals surface area contributed by atoms with Crippen molar-refractivity contribution in [1.29, 1.82) is 5.26 Å².